The Hall–Kier alpha value is -3.53. The van der Waals surface area contributed by atoms with Crippen molar-refractivity contribution in [3.8, 4) is 6.07 Å². The highest BCUT2D eigenvalue weighted by atomic mass is 19.1. The van der Waals surface area contributed by atoms with Crippen molar-refractivity contribution in [2.45, 2.75) is 19.8 Å². The highest BCUT2D eigenvalue weighted by Crippen LogP contribution is 2.33. The number of nitrogens with zero attached hydrogens (tertiary/aromatic N) is 3. The van der Waals surface area contributed by atoms with E-state index in [1.165, 1.54) is 30.5 Å². The van der Waals surface area contributed by atoms with Crippen LogP contribution in [0.5, 0.6) is 0 Å². The molecule has 1 aliphatic rings. The molecule has 1 N–H and O–H groups in total. The number of nitriles is 1. The van der Waals surface area contributed by atoms with Gasteiger partial charge in [-0.1, -0.05) is 0 Å². The molecule has 5 nitrogen and oxygen atoms in total. The molecule has 1 aliphatic heterocycles. The number of fused-ring (bicyclic) bond motifs is 1. The maximum atomic E-state index is 13.8. The maximum Gasteiger partial charge on any atom is 0.227 e. The highest BCUT2D eigenvalue weighted by Gasteiger charge is 2.27. The van der Waals surface area contributed by atoms with E-state index in [-0.39, 0.29) is 23.5 Å². The molecule has 0 unspecified atom stereocenters. The predicted octanol–water partition coefficient (Wildman–Crippen LogP) is 4.55. The fraction of sp³-hybridized carbons (Fsp3) is 0.261. The Morgan fingerprint density at radius 3 is 2.57 bits per heavy atom. The number of rotatable bonds is 3. The molecule has 152 valence electrons. The second-order valence-corrected chi connectivity index (χ2v) is 7.50. The fourth-order valence-electron chi connectivity index (χ4n) is 3.94. The summed E-state index contributed by atoms with van der Waals surface area (Å²) in [4.78, 5) is 19.0. The van der Waals surface area contributed by atoms with Gasteiger partial charge in [0.2, 0.25) is 5.91 Å². The number of pyridine rings is 1. The van der Waals surface area contributed by atoms with E-state index in [0.29, 0.717) is 59.3 Å². The minimum atomic E-state index is -0.385. The van der Waals surface area contributed by atoms with E-state index in [4.69, 9.17) is 0 Å². The molecule has 3 aromatic rings. The van der Waals surface area contributed by atoms with Gasteiger partial charge >= 0.3 is 0 Å². The number of hydrogen-bond donors (Lipinski definition) is 1. The summed E-state index contributed by atoms with van der Waals surface area (Å²) in [6.45, 7) is 2.87. The van der Waals surface area contributed by atoms with Gasteiger partial charge in [0.15, 0.2) is 0 Å². The summed E-state index contributed by atoms with van der Waals surface area (Å²) in [6.07, 6.45) is 2.69. The topological polar surface area (TPSA) is 69.0 Å². The van der Waals surface area contributed by atoms with Gasteiger partial charge in [0.05, 0.1) is 16.8 Å². The Labute approximate surface area is 172 Å². The molecule has 1 aromatic heterocycles. The maximum absolute atomic E-state index is 13.8. The molecular formula is C23H20F2N4O. The van der Waals surface area contributed by atoms with Crippen molar-refractivity contribution in [3.63, 3.8) is 0 Å². The van der Waals surface area contributed by atoms with E-state index in [9.17, 15) is 18.8 Å². The number of benzene rings is 2. The number of piperidine rings is 1. The van der Waals surface area contributed by atoms with Crippen molar-refractivity contribution in [1.82, 2.24) is 4.98 Å². The number of halogens is 2. The summed E-state index contributed by atoms with van der Waals surface area (Å²) in [6, 6.07) is 10.8. The lowest BCUT2D eigenvalue weighted by atomic mass is 9.94. The molecule has 0 bridgehead atoms. The number of aromatic nitrogens is 1. The summed E-state index contributed by atoms with van der Waals surface area (Å²) in [5.74, 6) is -1.02. The minimum absolute atomic E-state index is 0.101. The zero-order chi connectivity index (χ0) is 21.3. The first-order chi connectivity index (χ1) is 14.5. The number of anilines is 2. The second-order valence-electron chi connectivity index (χ2n) is 7.50. The van der Waals surface area contributed by atoms with Crippen LogP contribution in [0.2, 0.25) is 0 Å². The Morgan fingerprint density at radius 2 is 1.87 bits per heavy atom. The molecule has 0 atom stereocenters. The van der Waals surface area contributed by atoms with E-state index >= 15 is 0 Å². The SMILES string of the molecule is Cc1cc(F)ccc1NC(=O)C1CCN(c2c(C#N)cnc3ccc(F)cc23)CC1. The van der Waals surface area contributed by atoms with Crippen LogP contribution in [0.1, 0.15) is 24.0 Å². The molecule has 0 radical (unpaired) electrons. The van der Waals surface area contributed by atoms with Crippen LogP contribution in [-0.2, 0) is 4.79 Å². The lowest BCUT2D eigenvalue weighted by molar-refractivity contribution is -0.120. The van der Waals surface area contributed by atoms with E-state index in [1.54, 1.807) is 19.1 Å². The lowest BCUT2D eigenvalue weighted by Gasteiger charge is -2.34. The van der Waals surface area contributed by atoms with Gasteiger partial charge < -0.3 is 10.2 Å². The van der Waals surface area contributed by atoms with Crippen LogP contribution >= 0.6 is 0 Å². The molecule has 1 saturated heterocycles. The van der Waals surface area contributed by atoms with Gasteiger partial charge in [-0.3, -0.25) is 9.78 Å². The second kappa shape index (κ2) is 8.07. The van der Waals surface area contributed by atoms with Crippen LogP contribution in [0.25, 0.3) is 10.9 Å². The molecule has 1 amide bonds. The van der Waals surface area contributed by atoms with Crippen molar-refractivity contribution in [1.29, 1.82) is 5.26 Å². The molecule has 1 fully saturated rings. The molecule has 30 heavy (non-hydrogen) atoms. The Kier molecular flexibility index (Phi) is 5.32. The van der Waals surface area contributed by atoms with Crippen molar-refractivity contribution in [3.05, 3.63) is 65.4 Å². The summed E-state index contributed by atoms with van der Waals surface area (Å²) in [5, 5.41) is 13.0. The number of nitrogens with one attached hydrogen (secondary N) is 1. The van der Waals surface area contributed by atoms with Crippen LogP contribution < -0.4 is 10.2 Å². The molecule has 2 heterocycles. The quantitative estimate of drug-likeness (QED) is 0.693. The molecule has 2 aromatic carbocycles. The Balaban J connectivity index is 1.52. The monoisotopic (exact) mass is 406 g/mol. The van der Waals surface area contributed by atoms with Crippen LogP contribution in [0.3, 0.4) is 0 Å². The first kappa shape index (κ1) is 19.8. The zero-order valence-electron chi connectivity index (χ0n) is 16.5. The smallest absolute Gasteiger partial charge is 0.227 e. The summed E-state index contributed by atoms with van der Waals surface area (Å²) < 4.78 is 27.1. The van der Waals surface area contributed by atoms with Crippen molar-refractivity contribution >= 4 is 28.2 Å². The third-order valence-electron chi connectivity index (χ3n) is 5.55. The van der Waals surface area contributed by atoms with Crippen LogP contribution in [0, 0.1) is 35.8 Å². The number of carbonyl (C=O) groups excluding carboxylic acids is 1. The van der Waals surface area contributed by atoms with Crippen LogP contribution in [0.4, 0.5) is 20.2 Å². The molecule has 0 saturated carbocycles. The van der Waals surface area contributed by atoms with Crippen molar-refractivity contribution < 1.29 is 13.6 Å². The predicted molar refractivity (Wildman–Crippen MR) is 111 cm³/mol. The van der Waals surface area contributed by atoms with Gasteiger partial charge in [-0.25, -0.2) is 8.78 Å². The van der Waals surface area contributed by atoms with Crippen molar-refractivity contribution in [2.24, 2.45) is 5.92 Å². The van der Waals surface area contributed by atoms with Crippen LogP contribution in [0.15, 0.2) is 42.6 Å². The van der Waals surface area contributed by atoms with Gasteiger partial charge in [-0.2, -0.15) is 5.26 Å². The van der Waals surface area contributed by atoms with Gasteiger partial charge in [0, 0.05) is 36.3 Å². The van der Waals surface area contributed by atoms with Gasteiger partial charge in [-0.15, -0.1) is 0 Å². The highest BCUT2D eigenvalue weighted by molar-refractivity contribution is 5.95. The van der Waals surface area contributed by atoms with Gasteiger partial charge in [-0.05, 0) is 61.7 Å². The Morgan fingerprint density at radius 1 is 1.17 bits per heavy atom. The number of carbonyl (C=O) groups is 1. The van der Waals surface area contributed by atoms with E-state index in [0.717, 1.165) is 0 Å². The molecule has 7 heteroatoms. The Bertz CT molecular complexity index is 1160. The normalized spacial score (nSPS) is 14.5. The van der Waals surface area contributed by atoms with E-state index in [2.05, 4.69) is 16.4 Å². The zero-order valence-corrected chi connectivity index (χ0v) is 16.5. The summed E-state index contributed by atoms with van der Waals surface area (Å²) >= 11 is 0. The minimum Gasteiger partial charge on any atom is -0.370 e. The van der Waals surface area contributed by atoms with Gasteiger partial charge in [0.1, 0.15) is 17.7 Å². The largest absolute Gasteiger partial charge is 0.370 e. The standard InChI is InChI=1S/C23H20F2N4O/c1-14-10-17(24)2-4-20(14)28-23(30)15-6-8-29(9-7-15)22-16(12-26)13-27-21-5-3-18(25)11-19(21)22/h2-5,10-11,13,15H,6-9H2,1H3,(H,28,30). The van der Waals surface area contributed by atoms with Crippen molar-refractivity contribution in [2.75, 3.05) is 23.3 Å². The number of hydrogen-bond acceptors (Lipinski definition) is 4. The average molecular weight is 406 g/mol. The fourth-order valence-corrected chi connectivity index (χ4v) is 3.94. The summed E-state index contributed by atoms with van der Waals surface area (Å²) in [7, 11) is 0. The third-order valence-corrected chi connectivity index (χ3v) is 5.55. The molecule has 4 rings (SSSR count). The van der Waals surface area contributed by atoms with Crippen LogP contribution in [-0.4, -0.2) is 24.0 Å². The third kappa shape index (κ3) is 3.81. The molecule has 0 aliphatic carbocycles. The van der Waals surface area contributed by atoms with Gasteiger partial charge in [0.25, 0.3) is 0 Å². The van der Waals surface area contributed by atoms with E-state index in [1.807, 2.05) is 4.90 Å². The molecule has 0 spiro atoms. The number of aryl methyl sites for hydroxylation is 1. The number of amides is 1. The summed E-state index contributed by atoms with van der Waals surface area (Å²) in [5.41, 5.74) is 2.95. The molecular weight excluding hydrogens is 386 g/mol. The average Bonchev–Trinajstić information content (AvgIpc) is 2.75. The first-order valence-electron chi connectivity index (χ1n) is 9.76. The first-order valence-corrected chi connectivity index (χ1v) is 9.76. The lowest BCUT2D eigenvalue weighted by Crippen LogP contribution is -2.38. The van der Waals surface area contributed by atoms with E-state index < -0.39 is 0 Å².